The first kappa shape index (κ1) is 11.8. The van der Waals surface area contributed by atoms with Gasteiger partial charge in [-0.3, -0.25) is 4.79 Å². The Labute approximate surface area is 108 Å². The highest BCUT2D eigenvalue weighted by molar-refractivity contribution is 5.58. The smallest absolute Gasteiger partial charge is 0.258 e. The van der Waals surface area contributed by atoms with E-state index in [4.69, 9.17) is 0 Å². The molecule has 0 aliphatic heterocycles. The van der Waals surface area contributed by atoms with Gasteiger partial charge in [-0.05, 0) is 55.7 Å². The van der Waals surface area contributed by atoms with Gasteiger partial charge in [0.05, 0.1) is 0 Å². The molecule has 1 heterocycles. The first-order chi connectivity index (χ1) is 8.56. The number of fused-ring (bicyclic) bond motifs is 1. The molecule has 0 radical (unpaired) electrons. The van der Waals surface area contributed by atoms with Crippen LogP contribution in [0.25, 0.3) is 6.08 Å². The molecule has 2 aliphatic rings. The molecule has 1 saturated carbocycles. The molecule has 0 bridgehead atoms. The van der Waals surface area contributed by atoms with Gasteiger partial charge in [0.25, 0.3) is 5.56 Å². The summed E-state index contributed by atoms with van der Waals surface area (Å²) in [5, 5.41) is 0. The summed E-state index contributed by atoms with van der Waals surface area (Å²) in [7, 11) is 0. The SMILES string of the molecule is CC1=Cc2c(ccn(C3CC(C)C3)c2=O)CC1C. The lowest BCUT2D eigenvalue weighted by Gasteiger charge is -2.35. The molecular formula is C16H21NO. The van der Waals surface area contributed by atoms with Crippen molar-refractivity contribution in [1.82, 2.24) is 4.57 Å². The van der Waals surface area contributed by atoms with E-state index in [0.29, 0.717) is 12.0 Å². The lowest BCUT2D eigenvalue weighted by molar-refractivity contribution is 0.211. The number of pyridine rings is 1. The van der Waals surface area contributed by atoms with E-state index in [1.54, 1.807) is 0 Å². The first-order valence-corrected chi connectivity index (χ1v) is 6.98. The van der Waals surface area contributed by atoms with Crippen LogP contribution < -0.4 is 5.56 Å². The van der Waals surface area contributed by atoms with Crippen LogP contribution in [0, 0.1) is 11.8 Å². The van der Waals surface area contributed by atoms with Gasteiger partial charge in [0.15, 0.2) is 0 Å². The third-order valence-electron chi connectivity index (χ3n) is 4.66. The molecule has 0 amide bonds. The Bertz CT molecular complexity index is 561. The van der Waals surface area contributed by atoms with E-state index < -0.39 is 0 Å². The number of aromatic nitrogens is 1. The monoisotopic (exact) mass is 243 g/mol. The lowest BCUT2D eigenvalue weighted by atomic mass is 9.81. The van der Waals surface area contributed by atoms with Gasteiger partial charge in [-0.25, -0.2) is 0 Å². The Morgan fingerprint density at radius 1 is 1.28 bits per heavy atom. The molecule has 0 N–H and O–H groups in total. The van der Waals surface area contributed by atoms with Crippen LogP contribution in [0.4, 0.5) is 0 Å². The van der Waals surface area contributed by atoms with Crippen molar-refractivity contribution < 1.29 is 0 Å². The average Bonchev–Trinajstić information content (AvgIpc) is 2.29. The molecule has 1 aromatic heterocycles. The number of hydrogen-bond acceptors (Lipinski definition) is 1. The topological polar surface area (TPSA) is 22.0 Å². The quantitative estimate of drug-likeness (QED) is 0.741. The molecule has 0 saturated heterocycles. The fourth-order valence-corrected chi connectivity index (χ4v) is 3.17. The van der Waals surface area contributed by atoms with Crippen molar-refractivity contribution in [2.75, 3.05) is 0 Å². The first-order valence-electron chi connectivity index (χ1n) is 6.98. The molecule has 96 valence electrons. The summed E-state index contributed by atoms with van der Waals surface area (Å²) in [6, 6.07) is 2.59. The van der Waals surface area contributed by atoms with Crippen LogP contribution in [0.1, 0.15) is 50.8 Å². The molecule has 1 unspecified atom stereocenters. The van der Waals surface area contributed by atoms with E-state index in [0.717, 1.165) is 30.7 Å². The van der Waals surface area contributed by atoms with Crippen molar-refractivity contribution in [3.8, 4) is 0 Å². The third kappa shape index (κ3) is 1.75. The summed E-state index contributed by atoms with van der Waals surface area (Å²) < 4.78 is 1.96. The van der Waals surface area contributed by atoms with Crippen molar-refractivity contribution in [2.45, 2.75) is 46.1 Å². The molecule has 0 spiro atoms. The summed E-state index contributed by atoms with van der Waals surface area (Å²) in [5.41, 5.74) is 3.71. The Morgan fingerprint density at radius 3 is 2.67 bits per heavy atom. The molecule has 0 aromatic carbocycles. The van der Waals surface area contributed by atoms with E-state index in [9.17, 15) is 4.79 Å². The summed E-state index contributed by atoms with van der Waals surface area (Å²) in [4.78, 5) is 12.5. The molecule has 1 atom stereocenters. The van der Waals surface area contributed by atoms with Crippen LogP contribution in [0.15, 0.2) is 22.6 Å². The standard InChI is InChI=1S/C16H21NO/c1-10-6-14(7-10)17-5-4-13-8-11(2)12(3)9-15(13)16(17)18/h4-5,9-11,14H,6-8H2,1-3H3. The van der Waals surface area contributed by atoms with E-state index in [1.165, 1.54) is 11.1 Å². The minimum atomic E-state index is 0.218. The average molecular weight is 243 g/mol. The van der Waals surface area contributed by atoms with E-state index in [-0.39, 0.29) is 5.56 Å². The van der Waals surface area contributed by atoms with E-state index >= 15 is 0 Å². The highest BCUT2D eigenvalue weighted by Crippen LogP contribution is 2.36. The van der Waals surface area contributed by atoms with Gasteiger partial charge in [-0.15, -0.1) is 0 Å². The van der Waals surface area contributed by atoms with Gasteiger partial charge >= 0.3 is 0 Å². The predicted molar refractivity (Wildman–Crippen MR) is 74.7 cm³/mol. The van der Waals surface area contributed by atoms with Gasteiger partial charge in [0.1, 0.15) is 0 Å². The third-order valence-corrected chi connectivity index (χ3v) is 4.66. The second kappa shape index (κ2) is 4.11. The van der Waals surface area contributed by atoms with Crippen LogP contribution >= 0.6 is 0 Å². The predicted octanol–water partition coefficient (Wildman–Crippen LogP) is 3.41. The summed E-state index contributed by atoms with van der Waals surface area (Å²) in [6.45, 7) is 6.62. The summed E-state index contributed by atoms with van der Waals surface area (Å²) in [6.07, 6.45) is 7.42. The van der Waals surface area contributed by atoms with Crippen molar-refractivity contribution in [3.05, 3.63) is 39.3 Å². The Kier molecular flexibility index (Phi) is 2.69. The zero-order chi connectivity index (χ0) is 12.9. The molecule has 2 nitrogen and oxygen atoms in total. The maximum absolute atomic E-state index is 12.5. The second-order valence-electron chi connectivity index (χ2n) is 6.19. The molecule has 1 fully saturated rings. The van der Waals surface area contributed by atoms with Gasteiger partial charge in [-0.2, -0.15) is 0 Å². The van der Waals surface area contributed by atoms with Crippen LogP contribution in [-0.4, -0.2) is 4.57 Å². The van der Waals surface area contributed by atoms with Crippen molar-refractivity contribution >= 4 is 6.08 Å². The van der Waals surface area contributed by atoms with Crippen LogP contribution in [0.3, 0.4) is 0 Å². The largest absolute Gasteiger partial charge is 0.312 e. The fraction of sp³-hybridized carbons (Fsp3) is 0.562. The van der Waals surface area contributed by atoms with Crippen molar-refractivity contribution in [2.24, 2.45) is 11.8 Å². The van der Waals surface area contributed by atoms with Gasteiger partial charge < -0.3 is 4.57 Å². The lowest BCUT2D eigenvalue weighted by Crippen LogP contribution is -2.34. The molecule has 2 heteroatoms. The van der Waals surface area contributed by atoms with E-state index in [1.807, 2.05) is 10.8 Å². The Morgan fingerprint density at radius 2 is 2.00 bits per heavy atom. The van der Waals surface area contributed by atoms with E-state index in [2.05, 4.69) is 32.9 Å². The van der Waals surface area contributed by atoms with Gasteiger partial charge in [-0.1, -0.05) is 19.4 Å². The highest BCUT2D eigenvalue weighted by Gasteiger charge is 2.28. The zero-order valence-corrected chi connectivity index (χ0v) is 11.4. The summed E-state index contributed by atoms with van der Waals surface area (Å²) in [5.74, 6) is 1.34. The maximum Gasteiger partial charge on any atom is 0.258 e. The molecular weight excluding hydrogens is 222 g/mol. The Hall–Kier alpha value is -1.31. The van der Waals surface area contributed by atoms with Crippen LogP contribution in [0.2, 0.25) is 0 Å². The number of allylic oxidation sites excluding steroid dienone is 1. The zero-order valence-electron chi connectivity index (χ0n) is 11.4. The highest BCUT2D eigenvalue weighted by atomic mass is 16.1. The summed E-state index contributed by atoms with van der Waals surface area (Å²) >= 11 is 0. The van der Waals surface area contributed by atoms with Gasteiger partial charge in [0.2, 0.25) is 0 Å². The minimum absolute atomic E-state index is 0.218. The normalized spacial score (nSPS) is 30.4. The molecule has 3 rings (SSSR count). The van der Waals surface area contributed by atoms with Crippen LogP contribution in [0.5, 0.6) is 0 Å². The minimum Gasteiger partial charge on any atom is -0.312 e. The number of rotatable bonds is 1. The van der Waals surface area contributed by atoms with Crippen molar-refractivity contribution in [1.29, 1.82) is 0 Å². The second-order valence-corrected chi connectivity index (χ2v) is 6.19. The van der Waals surface area contributed by atoms with Crippen molar-refractivity contribution in [3.63, 3.8) is 0 Å². The molecule has 1 aromatic rings. The van der Waals surface area contributed by atoms with Crippen LogP contribution in [-0.2, 0) is 6.42 Å². The maximum atomic E-state index is 12.5. The number of hydrogen-bond donors (Lipinski definition) is 0. The van der Waals surface area contributed by atoms with Gasteiger partial charge in [0, 0.05) is 17.8 Å². The number of nitrogens with zero attached hydrogens (tertiary/aromatic N) is 1. The Balaban J connectivity index is 2.03. The fourth-order valence-electron chi connectivity index (χ4n) is 3.17. The molecule has 2 aliphatic carbocycles. The molecule has 18 heavy (non-hydrogen) atoms.